The largest absolute Gasteiger partial charge is 0.416 e. The van der Waals surface area contributed by atoms with Crippen LogP contribution in [0.5, 0.6) is 0 Å². The summed E-state index contributed by atoms with van der Waals surface area (Å²) in [7, 11) is 4.05. The Morgan fingerprint density at radius 3 is 1.69 bits per heavy atom. The third-order valence-electron chi connectivity index (χ3n) is 7.34. The number of carbonyl (C=O) groups is 1. The minimum atomic E-state index is -5.02. The average molecular weight is 591 g/mol. The van der Waals surface area contributed by atoms with Gasteiger partial charge in [0.15, 0.2) is 0 Å². The Balaban J connectivity index is 1.60. The Morgan fingerprint density at radius 1 is 0.762 bits per heavy atom. The van der Waals surface area contributed by atoms with Crippen molar-refractivity contribution in [1.82, 2.24) is 5.32 Å². The van der Waals surface area contributed by atoms with E-state index in [9.17, 15) is 31.1 Å². The zero-order chi connectivity index (χ0) is 31.1. The average Bonchev–Trinajstić information content (AvgIpc) is 2.86. The second-order valence-corrected chi connectivity index (χ2v) is 12.4. The van der Waals surface area contributed by atoms with Gasteiger partial charge in [-0.2, -0.15) is 26.3 Å². The van der Waals surface area contributed by atoms with Crippen LogP contribution in [0, 0.1) is 5.41 Å². The van der Waals surface area contributed by atoms with Gasteiger partial charge in [-0.3, -0.25) is 0 Å². The first-order valence-corrected chi connectivity index (χ1v) is 13.4. The molecule has 0 heterocycles. The molecule has 4 aromatic carbocycles. The fourth-order valence-electron chi connectivity index (χ4n) is 5.15. The molecule has 42 heavy (non-hydrogen) atoms. The van der Waals surface area contributed by atoms with Crippen molar-refractivity contribution in [2.45, 2.75) is 45.7 Å². The lowest BCUT2D eigenvalue weighted by Crippen LogP contribution is -2.56. The van der Waals surface area contributed by atoms with E-state index in [1.54, 1.807) is 0 Å². The molecule has 4 aromatic rings. The Bertz CT molecular complexity index is 1520. The highest BCUT2D eigenvalue weighted by Gasteiger charge is 2.38. The number of anilines is 1. The molecule has 0 bridgehead atoms. The molecule has 2 N–H and O–H groups in total. The van der Waals surface area contributed by atoms with Gasteiger partial charge in [-0.15, -0.1) is 0 Å². The Hall–Kier alpha value is -3.79. The first-order valence-electron chi connectivity index (χ1n) is 13.4. The summed E-state index contributed by atoms with van der Waals surface area (Å²) in [5.41, 5.74) is -2.94. The molecule has 0 aliphatic carbocycles. The third-order valence-corrected chi connectivity index (χ3v) is 7.34. The van der Waals surface area contributed by atoms with Gasteiger partial charge in [0.1, 0.15) is 6.54 Å². The number of alkyl halides is 6. The van der Waals surface area contributed by atoms with Crippen LogP contribution >= 0.6 is 0 Å². The number of fused-ring (bicyclic) bond motifs is 2. The van der Waals surface area contributed by atoms with Crippen LogP contribution in [0.2, 0.25) is 0 Å². The predicted molar refractivity (Wildman–Crippen MR) is 154 cm³/mol. The number of likely N-dealkylation sites (N-methyl/N-ethyl adjacent to an activating group) is 1. The van der Waals surface area contributed by atoms with E-state index in [-0.39, 0.29) is 6.07 Å². The number of hydrogen-bond donors (Lipinski definition) is 2. The zero-order valence-corrected chi connectivity index (χ0v) is 24.0. The normalized spacial score (nSPS) is 13.8. The molecular weight excluding hydrogens is 556 g/mol. The SMILES string of the molecule is CC(C)(C)[C@@H](C[N+](C)(C)Cc1c2ccccc2cc2ccccc12)NC(=O)Nc1cc(C(F)(F)F)cc(C(F)(F)F)c1. The molecule has 0 spiro atoms. The van der Waals surface area contributed by atoms with Crippen molar-refractivity contribution in [3.05, 3.63) is 89.5 Å². The fourth-order valence-corrected chi connectivity index (χ4v) is 5.15. The van der Waals surface area contributed by atoms with E-state index < -0.39 is 46.7 Å². The number of quaternary nitrogens is 1. The maximum absolute atomic E-state index is 13.3. The van der Waals surface area contributed by atoms with Crippen LogP contribution < -0.4 is 10.6 Å². The lowest BCUT2D eigenvalue weighted by Gasteiger charge is -2.39. The summed E-state index contributed by atoms with van der Waals surface area (Å²) in [5.74, 6) is 0. The lowest BCUT2D eigenvalue weighted by atomic mass is 9.85. The minimum absolute atomic E-state index is 0.0258. The van der Waals surface area contributed by atoms with E-state index in [4.69, 9.17) is 0 Å². The summed E-state index contributed by atoms with van der Waals surface area (Å²) in [5, 5.41) is 9.45. The summed E-state index contributed by atoms with van der Waals surface area (Å²) < 4.78 is 80.3. The fraction of sp³-hybridized carbons (Fsp3) is 0.344. The summed E-state index contributed by atoms with van der Waals surface area (Å²) in [6, 6.07) is 18.0. The molecule has 4 nitrogen and oxygen atoms in total. The van der Waals surface area contributed by atoms with Gasteiger partial charge in [-0.05, 0) is 51.2 Å². The number of hydrogen-bond acceptors (Lipinski definition) is 1. The third kappa shape index (κ3) is 7.34. The van der Waals surface area contributed by atoms with Gasteiger partial charge in [-0.25, -0.2) is 4.79 Å². The summed E-state index contributed by atoms with van der Waals surface area (Å²) in [4.78, 5) is 13.0. The summed E-state index contributed by atoms with van der Waals surface area (Å²) in [6.45, 7) is 6.79. The van der Waals surface area contributed by atoms with E-state index in [2.05, 4.69) is 41.0 Å². The number of benzene rings is 4. The van der Waals surface area contributed by atoms with Crippen molar-refractivity contribution in [3.63, 3.8) is 0 Å². The first kappa shape index (κ1) is 31.2. The zero-order valence-electron chi connectivity index (χ0n) is 24.0. The van der Waals surface area contributed by atoms with Crippen molar-refractivity contribution < 1.29 is 35.6 Å². The highest BCUT2D eigenvalue weighted by molar-refractivity contribution is 6.02. The van der Waals surface area contributed by atoms with Crippen LogP contribution in [0.1, 0.15) is 37.5 Å². The maximum Gasteiger partial charge on any atom is 0.416 e. The van der Waals surface area contributed by atoms with Gasteiger partial charge >= 0.3 is 18.4 Å². The molecular formula is C32H34F6N3O+. The molecule has 0 fully saturated rings. The van der Waals surface area contributed by atoms with Crippen molar-refractivity contribution in [1.29, 1.82) is 0 Å². The molecule has 1 atom stereocenters. The highest BCUT2D eigenvalue weighted by Crippen LogP contribution is 2.38. The highest BCUT2D eigenvalue weighted by atomic mass is 19.4. The van der Waals surface area contributed by atoms with E-state index in [0.717, 1.165) is 27.1 Å². The van der Waals surface area contributed by atoms with Crippen LogP contribution in [0.25, 0.3) is 21.5 Å². The van der Waals surface area contributed by atoms with E-state index in [0.29, 0.717) is 29.7 Å². The summed E-state index contributed by atoms with van der Waals surface area (Å²) in [6.07, 6.45) is -10.0. The number of halogens is 6. The number of nitrogens with one attached hydrogen (secondary N) is 2. The Labute approximate surface area is 240 Å². The molecule has 4 rings (SSSR count). The molecule has 2 amide bonds. The van der Waals surface area contributed by atoms with Crippen molar-refractivity contribution in [2.75, 3.05) is 26.0 Å². The molecule has 0 unspecified atom stereocenters. The standard InChI is InChI=1S/C32H33F6N3O/c1-30(2,3)28(40-29(42)39-24-16-22(31(33,34)35)15-23(17-24)32(36,37)38)19-41(4,5)18-27-25-12-8-6-10-20(25)14-21-11-7-9-13-26(21)27/h6-17,28H,18-19H2,1-5H3,(H-,39,40,42)/p+1/t28-/m1/s1. The van der Waals surface area contributed by atoms with Crippen molar-refractivity contribution in [2.24, 2.45) is 5.41 Å². The maximum atomic E-state index is 13.3. The number of carbonyl (C=O) groups excluding carboxylic acids is 1. The number of urea groups is 1. The van der Waals surface area contributed by atoms with Crippen LogP contribution in [-0.4, -0.2) is 37.2 Å². The van der Waals surface area contributed by atoms with Crippen LogP contribution in [0.15, 0.2) is 72.8 Å². The molecule has 224 valence electrons. The second-order valence-electron chi connectivity index (χ2n) is 12.4. The van der Waals surface area contributed by atoms with Gasteiger partial charge in [0.2, 0.25) is 0 Å². The number of rotatable bonds is 6. The second kappa shape index (κ2) is 11.1. The molecule has 0 saturated heterocycles. The first-order chi connectivity index (χ1) is 19.3. The smallest absolute Gasteiger partial charge is 0.329 e. The van der Waals surface area contributed by atoms with Gasteiger partial charge < -0.3 is 15.1 Å². The molecule has 0 aliphatic rings. The van der Waals surface area contributed by atoms with E-state index >= 15 is 0 Å². The lowest BCUT2D eigenvalue weighted by molar-refractivity contribution is -0.905. The van der Waals surface area contributed by atoms with Crippen molar-refractivity contribution >= 4 is 33.3 Å². The summed E-state index contributed by atoms with van der Waals surface area (Å²) >= 11 is 0. The molecule has 0 radical (unpaired) electrons. The Kier molecular flexibility index (Phi) is 8.25. The number of amides is 2. The van der Waals surface area contributed by atoms with Gasteiger partial charge in [0.25, 0.3) is 0 Å². The van der Waals surface area contributed by atoms with Gasteiger partial charge in [0, 0.05) is 11.3 Å². The molecule has 0 aliphatic heterocycles. The van der Waals surface area contributed by atoms with Crippen LogP contribution in [0.4, 0.5) is 36.8 Å². The number of nitrogens with zero attached hydrogens (tertiary/aromatic N) is 1. The van der Waals surface area contributed by atoms with Crippen LogP contribution in [0.3, 0.4) is 0 Å². The molecule has 0 aromatic heterocycles. The van der Waals surface area contributed by atoms with Crippen LogP contribution in [-0.2, 0) is 18.9 Å². The van der Waals surface area contributed by atoms with Crippen molar-refractivity contribution in [3.8, 4) is 0 Å². The quantitative estimate of drug-likeness (QED) is 0.132. The minimum Gasteiger partial charge on any atom is -0.329 e. The Morgan fingerprint density at radius 2 is 1.24 bits per heavy atom. The monoisotopic (exact) mass is 590 g/mol. The van der Waals surface area contributed by atoms with Gasteiger partial charge in [-0.1, -0.05) is 69.3 Å². The van der Waals surface area contributed by atoms with Gasteiger partial charge in [0.05, 0.1) is 37.8 Å². The predicted octanol–water partition coefficient (Wildman–Crippen LogP) is 8.84. The van der Waals surface area contributed by atoms with E-state index in [1.165, 1.54) is 0 Å². The molecule has 10 heteroatoms. The topological polar surface area (TPSA) is 41.1 Å². The van der Waals surface area contributed by atoms with E-state index in [1.807, 2.05) is 59.1 Å². The molecule has 0 saturated carbocycles.